The van der Waals surface area contributed by atoms with E-state index < -0.39 is 11.2 Å². The van der Waals surface area contributed by atoms with E-state index in [-0.39, 0.29) is 17.5 Å². The SMILES string of the molecule is COCCC(C)n1c(O)c(C)c(=O)[nH]c1=O. The fourth-order valence-electron chi connectivity index (χ4n) is 1.46. The summed E-state index contributed by atoms with van der Waals surface area (Å²) >= 11 is 0. The van der Waals surface area contributed by atoms with Crippen LogP contribution < -0.4 is 11.2 Å². The lowest BCUT2D eigenvalue weighted by molar-refractivity contribution is 0.177. The van der Waals surface area contributed by atoms with Crippen molar-refractivity contribution in [3.8, 4) is 5.88 Å². The average molecular weight is 228 g/mol. The van der Waals surface area contributed by atoms with Crippen LogP contribution in [0.2, 0.25) is 0 Å². The summed E-state index contributed by atoms with van der Waals surface area (Å²) in [7, 11) is 1.56. The molecule has 1 atom stereocenters. The molecular weight excluding hydrogens is 212 g/mol. The molecule has 0 aliphatic rings. The predicted octanol–water partition coefficient (Wildman–Crippen LogP) is 0.148. The molecule has 2 N–H and O–H groups in total. The van der Waals surface area contributed by atoms with Crippen LogP contribution in [0.4, 0.5) is 0 Å². The summed E-state index contributed by atoms with van der Waals surface area (Å²) in [5.41, 5.74) is -1.02. The number of ether oxygens (including phenoxy) is 1. The van der Waals surface area contributed by atoms with E-state index >= 15 is 0 Å². The highest BCUT2D eigenvalue weighted by Gasteiger charge is 2.15. The highest BCUT2D eigenvalue weighted by atomic mass is 16.5. The Morgan fingerprint density at radius 2 is 2.12 bits per heavy atom. The molecule has 1 aromatic heterocycles. The molecule has 0 saturated carbocycles. The molecule has 0 spiro atoms. The van der Waals surface area contributed by atoms with Crippen LogP contribution in [0.3, 0.4) is 0 Å². The summed E-state index contributed by atoms with van der Waals surface area (Å²) in [4.78, 5) is 24.9. The van der Waals surface area contributed by atoms with Gasteiger partial charge in [-0.15, -0.1) is 0 Å². The van der Waals surface area contributed by atoms with Crippen LogP contribution in [0.5, 0.6) is 5.88 Å². The van der Waals surface area contributed by atoms with Crippen molar-refractivity contribution in [2.24, 2.45) is 0 Å². The number of aromatic hydroxyl groups is 1. The molecule has 0 bridgehead atoms. The van der Waals surface area contributed by atoms with Crippen molar-refractivity contribution in [3.63, 3.8) is 0 Å². The van der Waals surface area contributed by atoms with E-state index in [1.54, 1.807) is 14.0 Å². The largest absolute Gasteiger partial charge is 0.494 e. The zero-order valence-electron chi connectivity index (χ0n) is 9.61. The summed E-state index contributed by atoms with van der Waals surface area (Å²) in [6, 6.07) is -0.233. The standard InChI is InChI=1S/C10H16N2O4/c1-6(4-5-16-3)12-9(14)7(2)8(13)11-10(12)15/h6,14H,4-5H2,1-3H3,(H,11,13,15). The normalized spacial score (nSPS) is 12.7. The minimum Gasteiger partial charge on any atom is -0.494 e. The van der Waals surface area contributed by atoms with E-state index in [1.165, 1.54) is 6.92 Å². The second-order valence-electron chi connectivity index (χ2n) is 3.71. The molecule has 1 unspecified atom stereocenters. The molecular formula is C10H16N2O4. The monoisotopic (exact) mass is 228 g/mol. The minimum absolute atomic E-state index is 0.142. The molecule has 1 rings (SSSR count). The maximum atomic E-state index is 11.5. The van der Waals surface area contributed by atoms with Crippen LogP contribution >= 0.6 is 0 Å². The molecule has 90 valence electrons. The zero-order chi connectivity index (χ0) is 12.3. The number of hydrogen-bond donors (Lipinski definition) is 2. The number of nitrogens with zero attached hydrogens (tertiary/aromatic N) is 1. The van der Waals surface area contributed by atoms with Gasteiger partial charge in [0.1, 0.15) is 0 Å². The zero-order valence-corrected chi connectivity index (χ0v) is 9.61. The van der Waals surface area contributed by atoms with E-state index in [4.69, 9.17) is 4.74 Å². The van der Waals surface area contributed by atoms with E-state index in [2.05, 4.69) is 4.98 Å². The predicted molar refractivity (Wildman–Crippen MR) is 58.9 cm³/mol. The Hall–Kier alpha value is -1.56. The minimum atomic E-state index is -0.600. The first-order valence-electron chi connectivity index (χ1n) is 5.02. The van der Waals surface area contributed by atoms with Crippen molar-refractivity contribution in [1.82, 2.24) is 9.55 Å². The van der Waals surface area contributed by atoms with Gasteiger partial charge in [0, 0.05) is 19.8 Å². The summed E-state index contributed by atoms with van der Waals surface area (Å²) in [5, 5.41) is 9.73. The van der Waals surface area contributed by atoms with Crippen molar-refractivity contribution < 1.29 is 9.84 Å². The number of aromatic nitrogens is 2. The van der Waals surface area contributed by atoms with Gasteiger partial charge in [-0.3, -0.25) is 14.3 Å². The third kappa shape index (κ3) is 2.33. The van der Waals surface area contributed by atoms with E-state index in [0.717, 1.165) is 4.57 Å². The molecule has 0 aromatic carbocycles. The maximum Gasteiger partial charge on any atom is 0.331 e. The van der Waals surface area contributed by atoms with Crippen LogP contribution in [0, 0.1) is 6.92 Å². The highest BCUT2D eigenvalue weighted by molar-refractivity contribution is 5.20. The third-order valence-corrected chi connectivity index (χ3v) is 2.52. The second kappa shape index (κ2) is 4.98. The smallest absolute Gasteiger partial charge is 0.331 e. The van der Waals surface area contributed by atoms with Crippen LogP contribution in [-0.2, 0) is 4.74 Å². The highest BCUT2D eigenvalue weighted by Crippen LogP contribution is 2.16. The average Bonchev–Trinajstić information content (AvgIpc) is 2.23. The fraction of sp³-hybridized carbons (Fsp3) is 0.600. The molecule has 16 heavy (non-hydrogen) atoms. The van der Waals surface area contributed by atoms with E-state index in [1.807, 2.05) is 0 Å². The van der Waals surface area contributed by atoms with Gasteiger partial charge in [-0.25, -0.2) is 4.79 Å². The van der Waals surface area contributed by atoms with Gasteiger partial charge in [-0.05, 0) is 20.3 Å². The Balaban J connectivity index is 3.18. The molecule has 0 fully saturated rings. The van der Waals surface area contributed by atoms with Crippen molar-refractivity contribution >= 4 is 0 Å². The number of nitrogens with one attached hydrogen (secondary N) is 1. The Morgan fingerprint density at radius 1 is 1.50 bits per heavy atom. The number of hydrogen-bond acceptors (Lipinski definition) is 4. The van der Waals surface area contributed by atoms with Crippen molar-refractivity contribution in [3.05, 3.63) is 26.4 Å². The molecule has 0 amide bonds. The van der Waals surface area contributed by atoms with Crippen molar-refractivity contribution in [1.29, 1.82) is 0 Å². The van der Waals surface area contributed by atoms with Gasteiger partial charge >= 0.3 is 5.69 Å². The van der Waals surface area contributed by atoms with Gasteiger partial charge in [0.15, 0.2) is 0 Å². The lowest BCUT2D eigenvalue weighted by Gasteiger charge is -2.16. The summed E-state index contributed by atoms with van der Waals surface area (Å²) in [6.07, 6.45) is 0.579. The molecule has 0 aliphatic heterocycles. The second-order valence-corrected chi connectivity index (χ2v) is 3.71. The van der Waals surface area contributed by atoms with Crippen molar-refractivity contribution in [2.75, 3.05) is 13.7 Å². The Morgan fingerprint density at radius 3 is 2.69 bits per heavy atom. The van der Waals surface area contributed by atoms with Crippen LogP contribution in [0.15, 0.2) is 9.59 Å². The molecule has 0 aliphatic carbocycles. The Bertz CT molecular complexity index is 475. The lowest BCUT2D eigenvalue weighted by Crippen LogP contribution is -2.33. The van der Waals surface area contributed by atoms with Crippen LogP contribution in [0.25, 0.3) is 0 Å². The first-order chi connectivity index (χ1) is 7.49. The summed E-state index contributed by atoms with van der Waals surface area (Å²) < 4.78 is 6.06. The number of rotatable bonds is 4. The number of H-pyrrole nitrogens is 1. The van der Waals surface area contributed by atoms with Gasteiger partial charge < -0.3 is 9.84 Å². The van der Waals surface area contributed by atoms with E-state index in [0.29, 0.717) is 13.0 Å². The molecule has 6 heteroatoms. The van der Waals surface area contributed by atoms with Crippen LogP contribution in [-0.4, -0.2) is 28.4 Å². The van der Waals surface area contributed by atoms with Crippen molar-refractivity contribution in [2.45, 2.75) is 26.3 Å². The molecule has 6 nitrogen and oxygen atoms in total. The Kier molecular flexibility index (Phi) is 3.89. The lowest BCUT2D eigenvalue weighted by atomic mass is 10.2. The molecule has 0 saturated heterocycles. The summed E-state index contributed by atoms with van der Waals surface area (Å²) in [6.45, 7) is 3.72. The first kappa shape index (κ1) is 12.5. The first-order valence-corrected chi connectivity index (χ1v) is 5.02. The van der Waals surface area contributed by atoms with Gasteiger partial charge in [0.25, 0.3) is 5.56 Å². The van der Waals surface area contributed by atoms with Gasteiger partial charge in [0.2, 0.25) is 5.88 Å². The number of aromatic amines is 1. The van der Waals surface area contributed by atoms with Gasteiger partial charge in [-0.1, -0.05) is 0 Å². The third-order valence-electron chi connectivity index (χ3n) is 2.52. The maximum absolute atomic E-state index is 11.5. The topological polar surface area (TPSA) is 84.3 Å². The molecule has 1 aromatic rings. The fourth-order valence-corrected chi connectivity index (χ4v) is 1.46. The van der Waals surface area contributed by atoms with Crippen LogP contribution in [0.1, 0.15) is 24.9 Å². The molecule has 1 heterocycles. The van der Waals surface area contributed by atoms with Gasteiger partial charge in [-0.2, -0.15) is 0 Å². The Labute approximate surface area is 92.5 Å². The molecule has 0 radical (unpaired) electrons. The number of methoxy groups -OCH3 is 1. The summed E-state index contributed by atoms with van der Waals surface area (Å²) in [5.74, 6) is -0.280. The van der Waals surface area contributed by atoms with Gasteiger partial charge in [0.05, 0.1) is 5.56 Å². The quantitative estimate of drug-likeness (QED) is 0.768. The van der Waals surface area contributed by atoms with E-state index in [9.17, 15) is 14.7 Å².